The maximum absolute atomic E-state index is 11.9. The van der Waals surface area contributed by atoms with Gasteiger partial charge in [0.2, 0.25) is 0 Å². The highest BCUT2D eigenvalue weighted by molar-refractivity contribution is 5.89. The number of urea groups is 1. The van der Waals surface area contributed by atoms with Gasteiger partial charge in [-0.05, 0) is 42.7 Å². The second kappa shape index (κ2) is 8.93. The highest BCUT2D eigenvalue weighted by Gasteiger charge is 2.13. The Morgan fingerprint density at radius 2 is 1.75 bits per heavy atom. The molecule has 3 N–H and O–H groups in total. The fourth-order valence-corrected chi connectivity index (χ4v) is 2.05. The molecule has 0 spiro atoms. The largest absolute Gasteiger partial charge is 0.489 e. The molecule has 0 aromatic heterocycles. The molecule has 24 heavy (non-hydrogen) atoms. The molecule has 2 aromatic rings. The minimum Gasteiger partial charge on any atom is -0.489 e. The van der Waals surface area contributed by atoms with Gasteiger partial charge in [-0.1, -0.05) is 37.3 Å². The van der Waals surface area contributed by atoms with E-state index in [2.05, 4.69) is 10.6 Å². The highest BCUT2D eigenvalue weighted by Crippen LogP contribution is 2.17. The first-order valence-corrected chi connectivity index (χ1v) is 8.03. The Morgan fingerprint density at radius 3 is 2.38 bits per heavy atom. The normalized spacial score (nSPS) is 13.0. The van der Waals surface area contributed by atoms with Crippen LogP contribution in [0.5, 0.6) is 5.75 Å². The Morgan fingerprint density at radius 1 is 1.08 bits per heavy atom. The number of aliphatic hydroxyl groups excluding tert-OH is 1. The van der Waals surface area contributed by atoms with Crippen LogP contribution in [0.1, 0.15) is 19.4 Å². The molecule has 2 unspecified atom stereocenters. The molecule has 0 radical (unpaired) electrons. The van der Waals surface area contributed by atoms with Crippen LogP contribution in [0.3, 0.4) is 0 Å². The predicted molar refractivity (Wildman–Crippen MR) is 95.1 cm³/mol. The summed E-state index contributed by atoms with van der Waals surface area (Å²) in [7, 11) is 0. The lowest BCUT2D eigenvalue weighted by atomic mass is 10.1. The smallest absolute Gasteiger partial charge is 0.319 e. The minimum atomic E-state index is -0.291. The topological polar surface area (TPSA) is 70.6 Å². The molecule has 128 valence electrons. The number of anilines is 1. The van der Waals surface area contributed by atoms with Crippen LogP contribution in [0, 0.1) is 5.92 Å². The summed E-state index contributed by atoms with van der Waals surface area (Å²) in [5.41, 5.74) is 1.79. The molecule has 0 aliphatic carbocycles. The van der Waals surface area contributed by atoms with Crippen LogP contribution < -0.4 is 15.4 Å². The van der Waals surface area contributed by atoms with Crippen molar-refractivity contribution >= 4 is 11.7 Å². The van der Waals surface area contributed by atoms with E-state index in [0.29, 0.717) is 12.3 Å². The van der Waals surface area contributed by atoms with E-state index in [1.807, 2.05) is 56.3 Å². The van der Waals surface area contributed by atoms with Crippen molar-refractivity contribution < 1.29 is 14.6 Å². The standard InChI is InChI=1S/C19H24N2O3/c1-14(12-22)15(2)20-19(23)21-17-8-10-18(11-9-17)24-13-16-6-4-3-5-7-16/h3-11,14-15,22H,12-13H2,1-2H3,(H2,20,21,23). The molecule has 5 nitrogen and oxygen atoms in total. The fraction of sp³-hybridized carbons (Fsp3) is 0.316. The Bertz CT molecular complexity index is 629. The van der Waals surface area contributed by atoms with Gasteiger partial charge in [-0.2, -0.15) is 0 Å². The first kappa shape index (κ1) is 17.8. The monoisotopic (exact) mass is 328 g/mol. The van der Waals surface area contributed by atoms with Gasteiger partial charge in [0, 0.05) is 18.3 Å². The number of carbonyl (C=O) groups excluding carboxylic acids is 1. The van der Waals surface area contributed by atoms with Crippen molar-refractivity contribution in [3.8, 4) is 5.75 Å². The zero-order valence-electron chi connectivity index (χ0n) is 14.0. The van der Waals surface area contributed by atoms with Gasteiger partial charge in [-0.15, -0.1) is 0 Å². The van der Waals surface area contributed by atoms with Crippen LogP contribution >= 0.6 is 0 Å². The van der Waals surface area contributed by atoms with Gasteiger partial charge in [-0.3, -0.25) is 0 Å². The maximum Gasteiger partial charge on any atom is 0.319 e. The van der Waals surface area contributed by atoms with Crippen LogP contribution in [-0.4, -0.2) is 23.8 Å². The van der Waals surface area contributed by atoms with E-state index in [1.165, 1.54) is 0 Å². The van der Waals surface area contributed by atoms with Gasteiger partial charge in [-0.25, -0.2) is 4.79 Å². The maximum atomic E-state index is 11.9. The van der Waals surface area contributed by atoms with E-state index in [9.17, 15) is 4.79 Å². The zero-order valence-corrected chi connectivity index (χ0v) is 14.0. The van der Waals surface area contributed by atoms with Crippen molar-refractivity contribution in [2.24, 2.45) is 5.92 Å². The van der Waals surface area contributed by atoms with Gasteiger partial charge in [0.1, 0.15) is 12.4 Å². The number of hydrogen-bond acceptors (Lipinski definition) is 3. The number of benzene rings is 2. The highest BCUT2D eigenvalue weighted by atomic mass is 16.5. The molecule has 0 bridgehead atoms. The van der Waals surface area contributed by atoms with Crippen molar-refractivity contribution in [1.82, 2.24) is 5.32 Å². The average molecular weight is 328 g/mol. The molecule has 2 atom stereocenters. The van der Waals surface area contributed by atoms with Gasteiger partial charge in [0.05, 0.1) is 0 Å². The lowest BCUT2D eigenvalue weighted by Crippen LogP contribution is -2.40. The Balaban J connectivity index is 1.82. The fourth-order valence-electron chi connectivity index (χ4n) is 2.05. The number of ether oxygens (including phenoxy) is 1. The van der Waals surface area contributed by atoms with E-state index in [1.54, 1.807) is 12.1 Å². The molecule has 0 fully saturated rings. The summed E-state index contributed by atoms with van der Waals surface area (Å²) in [6.45, 7) is 4.28. The first-order chi connectivity index (χ1) is 11.6. The molecule has 0 heterocycles. The number of hydrogen-bond donors (Lipinski definition) is 3. The van der Waals surface area contributed by atoms with Gasteiger partial charge in [0.15, 0.2) is 0 Å². The van der Waals surface area contributed by atoms with E-state index in [0.717, 1.165) is 11.3 Å². The van der Waals surface area contributed by atoms with Crippen LogP contribution in [-0.2, 0) is 6.61 Å². The summed E-state index contributed by atoms with van der Waals surface area (Å²) in [5.74, 6) is 0.747. The van der Waals surface area contributed by atoms with Gasteiger partial charge >= 0.3 is 6.03 Å². The third kappa shape index (κ3) is 5.59. The van der Waals surface area contributed by atoms with Crippen LogP contribution in [0.4, 0.5) is 10.5 Å². The molecule has 0 aliphatic rings. The Labute approximate surface area is 142 Å². The summed E-state index contributed by atoms with van der Waals surface area (Å²) < 4.78 is 5.71. The average Bonchev–Trinajstić information content (AvgIpc) is 2.61. The second-order valence-electron chi connectivity index (χ2n) is 5.85. The lowest BCUT2D eigenvalue weighted by Gasteiger charge is -2.19. The summed E-state index contributed by atoms with van der Waals surface area (Å²) in [6, 6.07) is 16.8. The number of aliphatic hydroxyl groups is 1. The van der Waals surface area contributed by atoms with E-state index < -0.39 is 0 Å². The van der Waals surface area contributed by atoms with Crippen LogP contribution in [0.25, 0.3) is 0 Å². The molecule has 0 saturated carbocycles. The molecule has 2 amide bonds. The molecule has 0 aliphatic heterocycles. The van der Waals surface area contributed by atoms with Crippen molar-refractivity contribution in [1.29, 1.82) is 0 Å². The molecular formula is C19H24N2O3. The summed E-state index contributed by atoms with van der Waals surface area (Å²) >= 11 is 0. The van der Waals surface area contributed by atoms with E-state index >= 15 is 0 Å². The molecular weight excluding hydrogens is 304 g/mol. The van der Waals surface area contributed by atoms with E-state index in [4.69, 9.17) is 9.84 Å². The Kier molecular flexibility index (Phi) is 6.63. The molecule has 5 heteroatoms. The molecule has 2 aromatic carbocycles. The van der Waals surface area contributed by atoms with Gasteiger partial charge < -0.3 is 20.5 Å². The van der Waals surface area contributed by atoms with Crippen molar-refractivity contribution in [3.63, 3.8) is 0 Å². The zero-order chi connectivity index (χ0) is 17.4. The summed E-state index contributed by atoms with van der Waals surface area (Å²) in [6.07, 6.45) is 0. The number of amides is 2. The summed E-state index contributed by atoms with van der Waals surface area (Å²) in [4.78, 5) is 11.9. The molecule has 0 saturated heterocycles. The predicted octanol–water partition coefficient (Wildman–Crippen LogP) is 3.40. The quantitative estimate of drug-likeness (QED) is 0.729. The number of carbonyl (C=O) groups is 1. The summed E-state index contributed by atoms with van der Waals surface area (Å²) in [5, 5.41) is 14.7. The minimum absolute atomic E-state index is 0.00418. The van der Waals surface area contributed by atoms with Gasteiger partial charge in [0.25, 0.3) is 0 Å². The van der Waals surface area contributed by atoms with E-state index in [-0.39, 0.29) is 24.6 Å². The van der Waals surface area contributed by atoms with Crippen LogP contribution in [0.15, 0.2) is 54.6 Å². The van der Waals surface area contributed by atoms with Crippen molar-refractivity contribution in [2.45, 2.75) is 26.5 Å². The lowest BCUT2D eigenvalue weighted by molar-refractivity contribution is 0.204. The SMILES string of the molecule is CC(CO)C(C)NC(=O)Nc1ccc(OCc2ccccc2)cc1. The second-order valence-corrected chi connectivity index (χ2v) is 5.85. The molecule has 2 rings (SSSR count). The third-order valence-corrected chi connectivity index (χ3v) is 3.86. The third-order valence-electron chi connectivity index (χ3n) is 3.86. The first-order valence-electron chi connectivity index (χ1n) is 8.03. The van der Waals surface area contributed by atoms with Crippen molar-refractivity contribution in [3.05, 3.63) is 60.2 Å². The number of rotatable bonds is 7. The number of nitrogens with one attached hydrogen (secondary N) is 2. The Hall–Kier alpha value is -2.53. The van der Waals surface area contributed by atoms with Crippen molar-refractivity contribution in [2.75, 3.05) is 11.9 Å². The van der Waals surface area contributed by atoms with Crippen LogP contribution in [0.2, 0.25) is 0 Å².